The zero-order chi connectivity index (χ0) is 20.2. The first-order chi connectivity index (χ1) is 14.1. The Morgan fingerprint density at radius 1 is 1.07 bits per heavy atom. The highest BCUT2D eigenvalue weighted by molar-refractivity contribution is 5.85. The van der Waals surface area contributed by atoms with Gasteiger partial charge in [-0.05, 0) is 17.7 Å². The van der Waals surface area contributed by atoms with Gasteiger partial charge in [-0.25, -0.2) is 13.6 Å². The van der Waals surface area contributed by atoms with Crippen LogP contribution in [0.2, 0.25) is 0 Å². The average molecular weight is 403 g/mol. The minimum atomic E-state index is -0.767. The zero-order valence-corrected chi connectivity index (χ0v) is 15.9. The van der Waals surface area contributed by atoms with Gasteiger partial charge in [-0.15, -0.1) is 0 Å². The van der Waals surface area contributed by atoms with Crippen molar-refractivity contribution >= 4 is 17.5 Å². The fraction of sp³-hybridized carbons (Fsp3) is 0.381. The minimum Gasteiger partial charge on any atom is -0.444 e. The van der Waals surface area contributed by atoms with Crippen molar-refractivity contribution in [2.24, 2.45) is 0 Å². The molecule has 2 fully saturated rings. The van der Waals surface area contributed by atoms with E-state index in [2.05, 4.69) is 10.2 Å². The van der Waals surface area contributed by atoms with Crippen molar-refractivity contribution in [3.8, 4) is 0 Å². The molecule has 2 aliphatic heterocycles. The summed E-state index contributed by atoms with van der Waals surface area (Å²) >= 11 is 0. The summed E-state index contributed by atoms with van der Waals surface area (Å²) in [4.78, 5) is 15.9. The highest BCUT2D eigenvalue weighted by Crippen LogP contribution is 2.28. The molecular formula is C21H23F2N3O3. The Balaban J connectivity index is 1.35. The Kier molecular flexibility index (Phi) is 5.92. The maximum absolute atomic E-state index is 14.6. The average Bonchev–Trinajstić information content (AvgIpc) is 2.67. The number of rotatable bonds is 5. The fourth-order valence-corrected chi connectivity index (χ4v) is 3.56. The first-order valence-electron chi connectivity index (χ1n) is 9.63. The molecule has 1 amide bonds. The van der Waals surface area contributed by atoms with Crippen molar-refractivity contribution in [3.63, 3.8) is 0 Å². The monoisotopic (exact) mass is 403 g/mol. The first kappa shape index (κ1) is 19.6. The van der Waals surface area contributed by atoms with Gasteiger partial charge in [0.15, 0.2) is 11.6 Å². The lowest BCUT2D eigenvalue weighted by Gasteiger charge is -2.43. The molecule has 1 N–H and O–H groups in total. The Morgan fingerprint density at radius 3 is 2.31 bits per heavy atom. The van der Waals surface area contributed by atoms with Gasteiger partial charge in [0.1, 0.15) is 12.3 Å². The highest BCUT2D eigenvalue weighted by Gasteiger charge is 2.30. The summed E-state index contributed by atoms with van der Waals surface area (Å²) in [5, 5.41) is 2.38. The topological polar surface area (TPSA) is 54.0 Å². The molecule has 0 aromatic heterocycles. The number of halogens is 2. The van der Waals surface area contributed by atoms with Crippen molar-refractivity contribution in [3.05, 3.63) is 59.7 Å². The number of hydrogen-bond acceptors (Lipinski definition) is 5. The van der Waals surface area contributed by atoms with Crippen molar-refractivity contribution in [2.75, 3.05) is 49.6 Å². The Hall–Kier alpha value is -2.71. The smallest absolute Gasteiger partial charge is 0.411 e. The van der Waals surface area contributed by atoms with E-state index in [4.69, 9.17) is 9.47 Å². The maximum atomic E-state index is 14.6. The second kappa shape index (κ2) is 8.75. The molecule has 4 rings (SSSR count). The van der Waals surface area contributed by atoms with E-state index in [1.54, 1.807) is 4.90 Å². The third kappa shape index (κ3) is 4.65. The van der Waals surface area contributed by atoms with Crippen LogP contribution in [0.25, 0.3) is 0 Å². The van der Waals surface area contributed by atoms with Crippen LogP contribution in [0.5, 0.6) is 0 Å². The molecule has 8 heteroatoms. The van der Waals surface area contributed by atoms with Gasteiger partial charge in [0.05, 0.1) is 19.3 Å². The number of ether oxygens (including phenoxy) is 2. The molecule has 2 aromatic rings. The molecule has 154 valence electrons. The molecule has 2 aromatic carbocycles. The van der Waals surface area contributed by atoms with E-state index in [-0.39, 0.29) is 18.0 Å². The number of piperazine rings is 1. The first-order valence-corrected chi connectivity index (χ1v) is 9.63. The minimum absolute atomic E-state index is 0.0204. The van der Waals surface area contributed by atoms with Crippen LogP contribution < -0.4 is 10.2 Å². The number of nitrogens with zero attached hydrogens (tertiary/aromatic N) is 2. The quantitative estimate of drug-likeness (QED) is 0.831. The molecule has 0 spiro atoms. The summed E-state index contributed by atoms with van der Waals surface area (Å²) in [6.07, 6.45) is -0.767. The third-order valence-corrected chi connectivity index (χ3v) is 5.24. The Morgan fingerprint density at radius 2 is 1.72 bits per heavy atom. The van der Waals surface area contributed by atoms with Crippen LogP contribution in [-0.4, -0.2) is 56.4 Å². The van der Waals surface area contributed by atoms with E-state index in [9.17, 15) is 13.6 Å². The Labute approximate surface area is 168 Å². The van der Waals surface area contributed by atoms with Crippen molar-refractivity contribution < 1.29 is 23.0 Å². The maximum Gasteiger partial charge on any atom is 0.411 e. The predicted octanol–water partition coefficient (Wildman–Crippen LogP) is 3.23. The summed E-state index contributed by atoms with van der Waals surface area (Å²) in [6, 6.07) is 11.8. The number of nitrogens with one attached hydrogen (secondary N) is 1. The van der Waals surface area contributed by atoms with Crippen molar-refractivity contribution in [2.45, 2.75) is 12.6 Å². The second-order valence-corrected chi connectivity index (χ2v) is 7.19. The number of carbonyl (C=O) groups is 1. The summed E-state index contributed by atoms with van der Waals surface area (Å²) in [7, 11) is 0. The number of carbonyl (C=O) groups excluding carboxylic acids is 1. The highest BCUT2D eigenvalue weighted by atomic mass is 19.1. The molecule has 0 unspecified atom stereocenters. The number of hydrogen-bond donors (Lipinski definition) is 1. The number of amides is 1. The van der Waals surface area contributed by atoms with Gasteiger partial charge in [0.2, 0.25) is 0 Å². The fourth-order valence-electron chi connectivity index (χ4n) is 3.56. The van der Waals surface area contributed by atoms with Crippen LogP contribution in [0.15, 0.2) is 42.5 Å². The largest absolute Gasteiger partial charge is 0.444 e. The van der Waals surface area contributed by atoms with Crippen LogP contribution in [0.4, 0.5) is 25.0 Å². The number of benzene rings is 2. The van der Waals surface area contributed by atoms with Crippen LogP contribution in [0, 0.1) is 11.6 Å². The van der Waals surface area contributed by atoms with Crippen LogP contribution in [0.3, 0.4) is 0 Å². The van der Waals surface area contributed by atoms with Gasteiger partial charge in [0.25, 0.3) is 0 Å². The van der Waals surface area contributed by atoms with E-state index in [0.717, 1.165) is 44.0 Å². The SMILES string of the molecule is O=C(Nc1cc(F)c(N2CCN(C3COC3)CC2)c(F)c1)OCc1ccccc1. The molecule has 0 atom stereocenters. The third-order valence-electron chi connectivity index (χ3n) is 5.24. The molecule has 29 heavy (non-hydrogen) atoms. The van der Waals surface area contributed by atoms with Crippen molar-refractivity contribution in [1.82, 2.24) is 4.90 Å². The van der Waals surface area contributed by atoms with E-state index >= 15 is 0 Å². The van der Waals surface area contributed by atoms with Crippen molar-refractivity contribution in [1.29, 1.82) is 0 Å². The molecule has 0 radical (unpaired) electrons. The number of anilines is 2. The summed E-state index contributed by atoms with van der Waals surface area (Å²) in [5.74, 6) is -1.41. The molecule has 2 heterocycles. The zero-order valence-electron chi connectivity index (χ0n) is 15.9. The van der Waals surface area contributed by atoms with Crippen LogP contribution in [-0.2, 0) is 16.1 Å². The second-order valence-electron chi connectivity index (χ2n) is 7.19. The van der Waals surface area contributed by atoms with Gasteiger partial charge >= 0.3 is 6.09 Å². The standard InChI is InChI=1S/C21H23F2N3O3/c22-18-10-16(24-21(27)29-12-15-4-2-1-3-5-15)11-19(23)20(18)26-8-6-25(7-9-26)17-13-28-14-17/h1-5,10-11,17H,6-9,12-14H2,(H,24,27). The molecule has 2 saturated heterocycles. The van der Waals surface area contributed by atoms with E-state index in [0.29, 0.717) is 19.1 Å². The molecule has 2 aliphatic rings. The molecular weight excluding hydrogens is 380 g/mol. The van der Waals surface area contributed by atoms with Gasteiger partial charge in [-0.1, -0.05) is 30.3 Å². The van der Waals surface area contributed by atoms with Crippen LogP contribution in [0.1, 0.15) is 5.56 Å². The molecule has 0 saturated carbocycles. The summed E-state index contributed by atoms with van der Waals surface area (Å²) in [5.41, 5.74) is 0.785. The predicted molar refractivity (Wildman–Crippen MR) is 105 cm³/mol. The molecule has 6 nitrogen and oxygen atoms in total. The van der Waals surface area contributed by atoms with E-state index < -0.39 is 17.7 Å². The lowest BCUT2D eigenvalue weighted by molar-refractivity contribution is -0.0661. The lowest BCUT2D eigenvalue weighted by Crippen LogP contribution is -2.56. The van der Waals surface area contributed by atoms with Gasteiger partial charge in [-0.2, -0.15) is 0 Å². The van der Waals surface area contributed by atoms with E-state index in [1.165, 1.54) is 0 Å². The summed E-state index contributed by atoms with van der Waals surface area (Å²) in [6.45, 7) is 4.07. The van der Waals surface area contributed by atoms with Crippen LogP contribution >= 0.6 is 0 Å². The van der Waals surface area contributed by atoms with Gasteiger partial charge < -0.3 is 14.4 Å². The molecule has 0 bridgehead atoms. The van der Waals surface area contributed by atoms with Gasteiger partial charge in [0, 0.05) is 31.9 Å². The summed E-state index contributed by atoms with van der Waals surface area (Å²) < 4.78 is 39.5. The molecule has 0 aliphatic carbocycles. The Bertz CT molecular complexity index is 830. The van der Waals surface area contributed by atoms with E-state index in [1.807, 2.05) is 30.3 Å². The van der Waals surface area contributed by atoms with Gasteiger partial charge in [-0.3, -0.25) is 10.2 Å². The normalized spacial score (nSPS) is 17.7. The lowest BCUT2D eigenvalue weighted by atomic mass is 10.1.